The zero-order valence-corrected chi connectivity index (χ0v) is 40.5. The van der Waals surface area contributed by atoms with Crippen LogP contribution < -0.4 is 5.32 Å². The van der Waals surface area contributed by atoms with Gasteiger partial charge in [-0.15, -0.1) is 0 Å². The highest BCUT2D eigenvalue weighted by atomic mass is 16.3. The normalized spacial score (nSPS) is 13.2. The van der Waals surface area contributed by atoms with E-state index in [9.17, 15) is 15.0 Å². The summed E-state index contributed by atoms with van der Waals surface area (Å²) in [4.78, 5) is 12.4. The Morgan fingerprint density at radius 2 is 0.717 bits per heavy atom. The van der Waals surface area contributed by atoms with Gasteiger partial charge in [-0.1, -0.05) is 261 Å². The van der Waals surface area contributed by atoms with Crippen LogP contribution in [0.2, 0.25) is 0 Å². The summed E-state index contributed by atoms with van der Waals surface area (Å²) in [5, 5.41) is 22.9. The second kappa shape index (κ2) is 51.7. The summed E-state index contributed by atoms with van der Waals surface area (Å²) in [6.45, 7) is 4.07. The Morgan fingerprint density at radius 3 is 1.07 bits per heavy atom. The van der Waals surface area contributed by atoms with Crippen molar-refractivity contribution in [3.8, 4) is 0 Å². The Kier molecular flexibility index (Phi) is 50.3. The van der Waals surface area contributed by atoms with Gasteiger partial charge in [0.05, 0.1) is 18.8 Å². The molecule has 4 heteroatoms. The minimum absolute atomic E-state index is 0.0778. The van der Waals surface area contributed by atoms with Crippen LogP contribution in [0.4, 0.5) is 0 Å². The predicted molar refractivity (Wildman–Crippen MR) is 267 cm³/mol. The van der Waals surface area contributed by atoms with E-state index in [1.807, 2.05) is 13.0 Å². The fraction of sp³-hybridized carbons (Fsp3) is 0.839. The summed E-state index contributed by atoms with van der Waals surface area (Å²) < 4.78 is 0. The molecular formula is C56H105NO3. The fourth-order valence-electron chi connectivity index (χ4n) is 8.27. The van der Waals surface area contributed by atoms with Crippen molar-refractivity contribution in [3.05, 3.63) is 48.6 Å². The summed E-state index contributed by atoms with van der Waals surface area (Å²) in [5.41, 5.74) is 0. The second-order valence-corrected chi connectivity index (χ2v) is 18.3. The number of nitrogens with one attached hydrogen (secondary N) is 1. The van der Waals surface area contributed by atoms with Gasteiger partial charge in [0, 0.05) is 6.42 Å². The smallest absolute Gasteiger partial charge is 0.220 e. The van der Waals surface area contributed by atoms with E-state index in [-0.39, 0.29) is 12.5 Å². The number of allylic oxidation sites excluding steroid dienone is 7. The molecule has 2 atom stereocenters. The Labute approximate surface area is 375 Å². The number of amides is 1. The molecule has 4 nitrogen and oxygen atoms in total. The van der Waals surface area contributed by atoms with Gasteiger partial charge in [0.1, 0.15) is 0 Å². The summed E-state index contributed by atoms with van der Waals surface area (Å²) in [5.74, 6) is -0.0778. The molecule has 0 saturated carbocycles. The first-order valence-electron chi connectivity index (χ1n) is 26.8. The number of carbonyl (C=O) groups excluding carboxylic acids is 1. The molecule has 0 aromatic carbocycles. The van der Waals surface area contributed by atoms with Crippen molar-refractivity contribution in [3.63, 3.8) is 0 Å². The molecule has 0 aromatic rings. The van der Waals surface area contributed by atoms with E-state index < -0.39 is 12.1 Å². The first-order chi connectivity index (χ1) is 29.7. The zero-order chi connectivity index (χ0) is 43.5. The maximum Gasteiger partial charge on any atom is 0.220 e. The molecule has 0 heterocycles. The Morgan fingerprint density at radius 1 is 0.417 bits per heavy atom. The van der Waals surface area contributed by atoms with Crippen molar-refractivity contribution >= 4 is 5.91 Å². The van der Waals surface area contributed by atoms with E-state index >= 15 is 0 Å². The number of aliphatic hydroxyl groups is 2. The third-order valence-electron chi connectivity index (χ3n) is 12.4. The lowest BCUT2D eigenvalue weighted by Gasteiger charge is -2.19. The van der Waals surface area contributed by atoms with E-state index in [1.54, 1.807) is 6.08 Å². The largest absolute Gasteiger partial charge is 0.394 e. The maximum atomic E-state index is 12.4. The second-order valence-electron chi connectivity index (χ2n) is 18.3. The Hall–Kier alpha value is -1.65. The minimum atomic E-state index is -0.866. The highest BCUT2D eigenvalue weighted by Gasteiger charge is 2.17. The molecule has 60 heavy (non-hydrogen) atoms. The van der Waals surface area contributed by atoms with Crippen molar-refractivity contribution in [2.24, 2.45) is 0 Å². The van der Waals surface area contributed by atoms with Gasteiger partial charge in [-0.2, -0.15) is 0 Å². The molecule has 0 bridgehead atoms. The minimum Gasteiger partial charge on any atom is -0.394 e. The predicted octanol–water partition coefficient (Wildman–Crippen LogP) is 17.5. The zero-order valence-electron chi connectivity index (χ0n) is 40.5. The van der Waals surface area contributed by atoms with Crippen LogP contribution in [0.25, 0.3) is 0 Å². The van der Waals surface area contributed by atoms with Crippen LogP contribution in [0.15, 0.2) is 48.6 Å². The molecule has 2 unspecified atom stereocenters. The fourth-order valence-corrected chi connectivity index (χ4v) is 8.27. The average molecular weight is 840 g/mol. The van der Waals surface area contributed by atoms with Crippen LogP contribution >= 0.6 is 0 Å². The Bertz CT molecular complexity index is 954. The van der Waals surface area contributed by atoms with Crippen molar-refractivity contribution in [1.29, 1.82) is 0 Å². The van der Waals surface area contributed by atoms with Crippen LogP contribution in [0.3, 0.4) is 0 Å². The standard InChI is InChI=1S/C56H105NO3/c1-3-5-7-9-11-13-14-15-16-17-18-19-20-21-22-23-24-25-26-27-28-29-30-31-32-33-34-35-36-37-38-39-40-41-42-44-46-48-50-52-56(60)57-54(53-58)55(59)51-49-47-45-43-12-10-8-6-4-2/h4,6,12,17-18,43,49,51,54-55,58-59H,3,5,7-11,13-16,19-42,44-48,50,52-53H2,1-2H3,(H,57,60)/b6-4+,18-17-,43-12+,51-49+. The molecule has 352 valence electrons. The number of hydrogen-bond donors (Lipinski definition) is 3. The van der Waals surface area contributed by atoms with Gasteiger partial charge in [-0.05, 0) is 64.7 Å². The van der Waals surface area contributed by atoms with Gasteiger partial charge in [0.25, 0.3) is 0 Å². The van der Waals surface area contributed by atoms with E-state index in [1.165, 1.54) is 225 Å². The molecule has 0 fully saturated rings. The first kappa shape index (κ1) is 58.4. The summed E-state index contributed by atoms with van der Waals surface area (Å²) in [6, 6.07) is -0.642. The van der Waals surface area contributed by atoms with Gasteiger partial charge in [0.15, 0.2) is 0 Å². The van der Waals surface area contributed by atoms with Gasteiger partial charge in [-0.25, -0.2) is 0 Å². The molecule has 3 N–H and O–H groups in total. The molecular weight excluding hydrogens is 735 g/mol. The summed E-state index contributed by atoms with van der Waals surface area (Å²) in [6.07, 6.45) is 71.8. The van der Waals surface area contributed by atoms with Gasteiger partial charge >= 0.3 is 0 Å². The SMILES string of the molecule is C/C=C/CC/C=C/CC/C=C/C(O)C(CO)NC(=O)CCCCCCCCCCCCCCCCCCCCCCCCCCCCC/C=C\CCCCCCCCCC. The van der Waals surface area contributed by atoms with Crippen LogP contribution in [-0.4, -0.2) is 34.9 Å². The van der Waals surface area contributed by atoms with Crippen LogP contribution in [0.1, 0.15) is 284 Å². The van der Waals surface area contributed by atoms with Gasteiger partial charge in [0.2, 0.25) is 5.91 Å². The molecule has 0 saturated heterocycles. The summed E-state index contributed by atoms with van der Waals surface area (Å²) in [7, 11) is 0. The number of hydrogen-bond acceptors (Lipinski definition) is 3. The van der Waals surface area contributed by atoms with Crippen molar-refractivity contribution in [2.45, 2.75) is 296 Å². The monoisotopic (exact) mass is 840 g/mol. The van der Waals surface area contributed by atoms with Crippen molar-refractivity contribution < 1.29 is 15.0 Å². The average Bonchev–Trinajstić information content (AvgIpc) is 3.25. The molecule has 0 radical (unpaired) electrons. The number of aliphatic hydroxyl groups excluding tert-OH is 2. The first-order valence-corrected chi connectivity index (χ1v) is 26.8. The molecule has 0 aromatic heterocycles. The summed E-state index contributed by atoms with van der Waals surface area (Å²) >= 11 is 0. The van der Waals surface area contributed by atoms with Crippen molar-refractivity contribution in [1.82, 2.24) is 5.32 Å². The van der Waals surface area contributed by atoms with E-state index in [0.29, 0.717) is 6.42 Å². The maximum absolute atomic E-state index is 12.4. The molecule has 0 aliphatic rings. The molecule has 0 aliphatic carbocycles. The molecule has 0 aliphatic heterocycles. The van der Waals surface area contributed by atoms with E-state index in [2.05, 4.69) is 48.7 Å². The lowest BCUT2D eigenvalue weighted by atomic mass is 10.0. The van der Waals surface area contributed by atoms with Gasteiger partial charge in [-0.3, -0.25) is 4.79 Å². The lowest BCUT2D eigenvalue weighted by Crippen LogP contribution is -2.45. The number of unbranched alkanes of at least 4 members (excludes halogenated alkanes) is 37. The molecule has 0 rings (SSSR count). The van der Waals surface area contributed by atoms with Gasteiger partial charge < -0.3 is 15.5 Å². The third kappa shape index (κ3) is 47.4. The lowest BCUT2D eigenvalue weighted by molar-refractivity contribution is -0.123. The highest BCUT2D eigenvalue weighted by molar-refractivity contribution is 5.76. The Balaban J connectivity index is 3.34. The third-order valence-corrected chi connectivity index (χ3v) is 12.4. The van der Waals surface area contributed by atoms with Crippen LogP contribution in [0, 0.1) is 0 Å². The molecule has 0 spiro atoms. The van der Waals surface area contributed by atoms with Crippen LogP contribution in [0.5, 0.6) is 0 Å². The highest BCUT2D eigenvalue weighted by Crippen LogP contribution is 2.17. The number of rotatable bonds is 49. The van der Waals surface area contributed by atoms with Crippen LogP contribution in [-0.2, 0) is 4.79 Å². The van der Waals surface area contributed by atoms with E-state index in [4.69, 9.17) is 0 Å². The number of carbonyl (C=O) groups is 1. The topological polar surface area (TPSA) is 69.6 Å². The van der Waals surface area contributed by atoms with E-state index in [0.717, 1.165) is 38.5 Å². The molecule has 1 amide bonds. The quantitative estimate of drug-likeness (QED) is 0.0422. The van der Waals surface area contributed by atoms with Crippen molar-refractivity contribution in [2.75, 3.05) is 6.61 Å².